The smallest absolute Gasteiger partial charge is 0.180 e. The van der Waals surface area contributed by atoms with Crippen LogP contribution in [-0.4, -0.2) is 24.9 Å². The SMILES string of the molecule is C[C@@H](CC(=O)C1CCC(CS(=O)(=O)c2cnc(Cl)c(Br)c2)CC1)c1ccc(F)cc1. The molecule has 30 heavy (non-hydrogen) atoms. The predicted molar refractivity (Wildman–Crippen MR) is 119 cm³/mol. The minimum absolute atomic E-state index is 0.0294. The summed E-state index contributed by atoms with van der Waals surface area (Å²) in [5.74, 6) is 0.00913. The van der Waals surface area contributed by atoms with Crippen LogP contribution in [0.15, 0.2) is 45.9 Å². The second-order valence-electron chi connectivity index (χ2n) is 8.07. The molecular weight excluding hydrogens is 493 g/mol. The number of hydrogen-bond acceptors (Lipinski definition) is 4. The largest absolute Gasteiger partial charge is 0.299 e. The third kappa shape index (κ3) is 5.89. The molecule has 4 nitrogen and oxygen atoms in total. The number of hydrogen-bond donors (Lipinski definition) is 0. The van der Waals surface area contributed by atoms with Crippen LogP contribution >= 0.6 is 27.5 Å². The summed E-state index contributed by atoms with van der Waals surface area (Å²) >= 11 is 9.06. The molecule has 0 unspecified atom stereocenters. The van der Waals surface area contributed by atoms with Crippen molar-refractivity contribution in [3.63, 3.8) is 0 Å². The van der Waals surface area contributed by atoms with Crippen molar-refractivity contribution in [2.75, 3.05) is 5.75 Å². The Balaban J connectivity index is 1.53. The van der Waals surface area contributed by atoms with E-state index in [-0.39, 0.29) is 45.2 Å². The van der Waals surface area contributed by atoms with Crippen LogP contribution in [0.5, 0.6) is 0 Å². The average Bonchev–Trinajstić information content (AvgIpc) is 2.70. The van der Waals surface area contributed by atoms with Gasteiger partial charge in [0.15, 0.2) is 9.84 Å². The Morgan fingerprint density at radius 3 is 2.47 bits per heavy atom. The zero-order valence-electron chi connectivity index (χ0n) is 16.7. The minimum atomic E-state index is -3.46. The molecule has 1 aromatic heterocycles. The van der Waals surface area contributed by atoms with E-state index in [9.17, 15) is 17.6 Å². The first kappa shape index (κ1) is 23.4. The van der Waals surface area contributed by atoms with Gasteiger partial charge in [0, 0.05) is 18.5 Å². The topological polar surface area (TPSA) is 64.1 Å². The first-order chi connectivity index (χ1) is 14.2. The van der Waals surface area contributed by atoms with E-state index in [0.29, 0.717) is 36.6 Å². The van der Waals surface area contributed by atoms with Crippen molar-refractivity contribution in [2.24, 2.45) is 11.8 Å². The molecule has 1 aromatic carbocycles. The van der Waals surface area contributed by atoms with E-state index in [4.69, 9.17) is 11.6 Å². The van der Waals surface area contributed by atoms with Gasteiger partial charge in [0.1, 0.15) is 16.8 Å². The summed E-state index contributed by atoms with van der Waals surface area (Å²) < 4.78 is 39.0. The fourth-order valence-corrected chi connectivity index (χ4v) is 6.27. The molecule has 0 spiro atoms. The maximum atomic E-state index is 13.1. The molecule has 1 saturated carbocycles. The fraction of sp³-hybridized carbons (Fsp3) is 0.455. The molecule has 1 aliphatic carbocycles. The monoisotopic (exact) mass is 515 g/mol. The van der Waals surface area contributed by atoms with Crippen molar-refractivity contribution in [1.82, 2.24) is 4.98 Å². The van der Waals surface area contributed by atoms with Gasteiger partial charge < -0.3 is 0 Å². The van der Waals surface area contributed by atoms with Crippen LogP contribution in [0.3, 0.4) is 0 Å². The highest BCUT2D eigenvalue weighted by molar-refractivity contribution is 9.10. The van der Waals surface area contributed by atoms with Crippen LogP contribution in [0.2, 0.25) is 5.15 Å². The molecule has 0 aliphatic heterocycles. The molecule has 0 amide bonds. The molecule has 1 atom stereocenters. The van der Waals surface area contributed by atoms with E-state index in [1.165, 1.54) is 24.4 Å². The zero-order chi connectivity index (χ0) is 21.9. The first-order valence-electron chi connectivity index (χ1n) is 9.97. The molecule has 0 radical (unpaired) electrons. The Morgan fingerprint density at radius 1 is 1.23 bits per heavy atom. The predicted octanol–water partition coefficient (Wildman–Crippen LogP) is 5.98. The first-order valence-corrected chi connectivity index (χ1v) is 12.8. The van der Waals surface area contributed by atoms with Gasteiger partial charge >= 0.3 is 0 Å². The second-order valence-corrected chi connectivity index (χ2v) is 11.3. The third-order valence-electron chi connectivity index (χ3n) is 5.83. The molecule has 162 valence electrons. The maximum absolute atomic E-state index is 13.1. The minimum Gasteiger partial charge on any atom is -0.299 e. The summed E-state index contributed by atoms with van der Waals surface area (Å²) in [5, 5.41) is 0.225. The normalized spacial score (nSPS) is 20.7. The summed E-state index contributed by atoms with van der Waals surface area (Å²) in [4.78, 5) is 16.8. The van der Waals surface area contributed by atoms with Crippen LogP contribution < -0.4 is 0 Å². The lowest BCUT2D eigenvalue weighted by Crippen LogP contribution is -2.26. The van der Waals surface area contributed by atoms with Gasteiger partial charge in [-0.05, 0) is 77.2 Å². The number of pyridine rings is 1. The van der Waals surface area contributed by atoms with Crippen LogP contribution in [0, 0.1) is 17.7 Å². The molecule has 0 bridgehead atoms. The van der Waals surface area contributed by atoms with E-state index in [2.05, 4.69) is 20.9 Å². The number of rotatable bonds is 7. The van der Waals surface area contributed by atoms with Crippen molar-refractivity contribution in [1.29, 1.82) is 0 Å². The Hall–Kier alpha value is -1.31. The molecule has 1 aliphatic rings. The van der Waals surface area contributed by atoms with E-state index in [0.717, 1.165) is 5.56 Å². The Kier molecular flexibility index (Phi) is 7.69. The number of halogens is 3. The second kappa shape index (κ2) is 9.88. The molecule has 3 rings (SSSR count). The molecule has 0 N–H and O–H groups in total. The number of aromatic nitrogens is 1. The van der Waals surface area contributed by atoms with Gasteiger partial charge in [-0.15, -0.1) is 0 Å². The molecule has 2 aromatic rings. The lowest BCUT2D eigenvalue weighted by molar-refractivity contribution is -0.124. The van der Waals surface area contributed by atoms with Crippen molar-refractivity contribution < 1.29 is 17.6 Å². The Morgan fingerprint density at radius 2 is 1.87 bits per heavy atom. The van der Waals surface area contributed by atoms with Crippen molar-refractivity contribution in [2.45, 2.75) is 49.8 Å². The van der Waals surface area contributed by atoms with E-state index >= 15 is 0 Å². The zero-order valence-corrected chi connectivity index (χ0v) is 19.8. The van der Waals surface area contributed by atoms with Gasteiger partial charge in [0.05, 0.1) is 15.1 Å². The number of carbonyl (C=O) groups is 1. The van der Waals surface area contributed by atoms with Gasteiger partial charge in [0.2, 0.25) is 0 Å². The highest BCUT2D eigenvalue weighted by Gasteiger charge is 2.30. The summed E-state index contributed by atoms with van der Waals surface area (Å²) in [5.41, 5.74) is 0.951. The lowest BCUT2D eigenvalue weighted by atomic mass is 9.78. The van der Waals surface area contributed by atoms with Gasteiger partial charge in [-0.25, -0.2) is 17.8 Å². The number of ketones is 1. The number of carbonyl (C=O) groups excluding carboxylic acids is 1. The van der Waals surface area contributed by atoms with Gasteiger partial charge in [-0.2, -0.15) is 0 Å². The van der Waals surface area contributed by atoms with Crippen LogP contribution in [0.4, 0.5) is 4.39 Å². The molecule has 1 heterocycles. The summed E-state index contributed by atoms with van der Waals surface area (Å²) in [6.07, 6.45) is 4.54. The summed E-state index contributed by atoms with van der Waals surface area (Å²) in [6, 6.07) is 7.75. The van der Waals surface area contributed by atoms with Gasteiger partial charge in [0.25, 0.3) is 0 Å². The van der Waals surface area contributed by atoms with Crippen LogP contribution in [0.1, 0.15) is 50.5 Å². The third-order valence-corrected chi connectivity index (χ3v) is 8.82. The van der Waals surface area contributed by atoms with Gasteiger partial charge in [-0.1, -0.05) is 30.7 Å². The van der Waals surface area contributed by atoms with Crippen molar-refractivity contribution >= 4 is 43.2 Å². The number of sulfone groups is 1. The molecule has 1 fully saturated rings. The van der Waals surface area contributed by atoms with E-state index < -0.39 is 9.84 Å². The fourth-order valence-electron chi connectivity index (χ4n) is 4.01. The number of nitrogens with zero attached hydrogens (tertiary/aromatic N) is 1. The highest BCUT2D eigenvalue weighted by Crippen LogP contribution is 2.34. The molecule has 8 heteroatoms. The lowest BCUT2D eigenvalue weighted by Gasteiger charge is -2.28. The quantitative estimate of drug-likeness (QED) is 0.425. The maximum Gasteiger partial charge on any atom is 0.180 e. The summed E-state index contributed by atoms with van der Waals surface area (Å²) in [6.45, 7) is 1.97. The van der Waals surface area contributed by atoms with E-state index in [1.54, 1.807) is 12.1 Å². The highest BCUT2D eigenvalue weighted by atomic mass is 79.9. The average molecular weight is 517 g/mol. The summed E-state index contributed by atoms with van der Waals surface area (Å²) in [7, 11) is -3.46. The van der Waals surface area contributed by atoms with Gasteiger partial charge in [-0.3, -0.25) is 4.79 Å². The Labute approximate surface area is 190 Å². The number of benzene rings is 1. The van der Waals surface area contributed by atoms with Crippen LogP contribution in [0.25, 0.3) is 0 Å². The molecule has 0 saturated heterocycles. The van der Waals surface area contributed by atoms with E-state index in [1.807, 2.05) is 6.92 Å². The van der Waals surface area contributed by atoms with Crippen LogP contribution in [-0.2, 0) is 14.6 Å². The number of Topliss-reactive ketones (excluding diaryl/α,β-unsaturated/α-hetero) is 1. The molecular formula is C22H24BrClFNO3S. The van der Waals surface area contributed by atoms with Crippen molar-refractivity contribution in [3.8, 4) is 0 Å². The van der Waals surface area contributed by atoms with Crippen molar-refractivity contribution in [3.05, 3.63) is 57.5 Å². The Bertz CT molecular complexity index is 1010. The standard InChI is InChI=1S/C22H24BrClFNO3S/c1-14(16-6-8-18(25)9-7-16)10-21(27)17-4-2-15(3-5-17)13-30(28,29)19-11-20(23)22(24)26-12-19/h6-9,11-12,14-15,17H,2-5,10,13H2,1H3/t14-,15?,17?/m0/s1.